The Hall–Kier alpha value is -1.18. The lowest BCUT2D eigenvalue weighted by molar-refractivity contribution is -0.162. The third kappa shape index (κ3) is 5.12. The summed E-state index contributed by atoms with van der Waals surface area (Å²) in [7, 11) is 1.31. The van der Waals surface area contributed by atoms with Crippen LogP contribution in [0.1, 0.15) is 5.76 Å². The van der Waals surface area contributed by atoms with Crippen LogP contribution in [0, 0.1) is 0 Å². The number of carbonyl (C=O) groups is 1. The minimum atomic E-state index is -4.52. The fourth-order valence-electron chi connectivity index (χ4n) is 0.989. The van der Waals surface area contributed by atoms with Crippen molar-refractivity contribution in [2.75, 3.05) is 13.7 Å². The average Bonchev–Trinajstić information content (AvgIpc) is 2.59. The fourth-order valence-corrected chi connectivity index (χ4v) is 1.33. The Morgan fingerprint density at radius 2 is 2.18 bits per heavy atom. The van der Waals surface area contributed by atoms with E-state index in [-0.39, 0.29) is 6.54 Å². The van der Waals surface area contributed by atoms with E-state index < -0.39 is 18.9 Å². The Bertz CT molecular complexity index is 391. The maximum Gasteiger partial charge on any atom is 0.422 e. The molecule has 1 aromatic heterocycles. The number of rotatable bonds is 3. The van der Waals surface area contributed by atoms with E-state index in [9.17, 15) is 18.0 Å². The lowest BCUT2D eigenvalue weighted by Gasteiger charge is -2.16. The minimum absolute atomic E-state index is 0.0301. The van der Waals surface area contributed by atoms with Gasteiger partial charge in [0, 0.05) is 7.05 Å². The first-order valence-corrected chi connectivity index (χ1v) is 5.26. The Labute approximate surface area is 103 Å². The first-order valence-electron chi connectivity index (χ1n) is 4.47. The predicted octanol–water partition coefficient (Wildman–Crippen LogP) is 3.17. The van der Waals surface area contributed by atoms with E-state index in [4.69, 9.17) is 4.42 Å². The van der Waals surface area contributed by atoms with E-state index in [2.05, 4.69) is 20.7 Å². The molecule has 0 aliphatic carbocycles. The Morgan fingerprint density at radius 1 is 1.53 bits per heavy atom. The van der Waals surface area contributed by atoms with Gasteiger partial charge in [-0.1, -0.05) is 0 Å². The van der Waals surface area contributed by atoms with Gasteiger partial charge in [-0.3, -0.25) is 0 Å². The lowest BCUT2D eigenvalue weighted by atomic mass is 10.4. The van der Waals surface area contributed by atoms with Crippen LogP contribution in [0.5, 0.6) is 0 Å². The highest BCUT2D eigenvalue weighted by molar-refractivity contribution is 9.10. The molecule has 0 spiro atoms. The molecule has 0 radical (unpaired) electrons. The van der Waals surface area contributed by atoms with Crippen molar-refractivity contribution in [2.24, 2.45) is 0 Å². The smallest absolute Gasteiger partial charge is 0.422 e. The molecule has 0 fully saturated rings. The lowest BCUT2D eigenvalue weighted by Crippen LogP contribution is -2.30. The number of furan rings is 1. The first-order chi connectivity index (χ1) is 7.78. The molecule has 0 saturated carbocycles. The summed E-state index contributed by atoms with van der Waals surface area (Å²) in [6.07, 6.45) is -5.58. The molecule has 8 heteroatoms. The van der Waals surface area contributed by atoms with Crippen molar-refractivity contribution in [3.05, 3.63) is 22.6 Å². The summed E-state index contributed by atoms with van der Waals surface area (Å²) in [6.45, 7) is -1.57. The summed E-state index contributed by atoms with van der Waals surface area (Å²) >= 11 is 3.07. The number of amides is 1. The van der Waals surface area contributed by atoms with Gasteiger partial charge in [0.2, 0.25) is 0 Å². The van der Waals surface area contributed by atoms with Crippen LogP contribution >= 0.6 is 15.9 Å². The van der Waals surface area contributed by atoms with E-state index in [0.717, 1.165) is 4.90 Å². The predicted molar refractivity (Wildman–Crippen MR) is 55.3 cm³/mol. The zero-order valence-corrected chi connectivity index (χ0v) is 10.3. The van der Waals surface area contributed by atoms with Crippen molar-refractivity contribution in [1.82, 2.24) is 4.90 Å². The normalized spacial score (nSPS) is 11.4. The molecule has 96 valence electrons. The van der Waals surface area contributed by atoms with Gasteiger partial charge in [0.05, 0.1) is 6.54 Å². The first kappa shape index (κ1) is 13.9. The van der Waals surface area contributed by atoms with Crippen LogP contribution in [-0.2, 0) is 11.3 Å². The van der Waals surface area contributed by atoms with E-state index in [1.165, 1.54) is 7.05 Å². The zero-order chi connectivity index (χ0) is 13.1. The number of ether oxygens (including phenoxy) is 1. The summed E-state index contributed by atoms with van der Waals surface area (Å²) in [4.78, 5) is 12.1. The SMILES string of the molecule is CN(Cc1ccc(Br)o1)C(=O)OCC(F)(F)F. The number of carbonyl (C=O) groups excluding carboxylic acids is 1. The van der Waals surface area contributed by atoms with Crippen molar-refractivity contribution in [3.63, 3.8) is 0 Å². The molecule has 0 atom stereocenters. The topological polar surface area (TPSA) is 42.7 Å². The Morgan fingerprint density at radius 3 is 2.65 bits per heavy atom. The highest BCUT2D eigenvalue weighted by Crippen LogP contribution is 2.17. The second kappa shape index (κ2) is 5.44. The number of hydrogen-bond acceptors (Lipinski definition) is 3. The molecular weight excluding hydrogens is 307 g/mol. The second-order valence-electron chi connectivity index (χ2n) is 3.23. The second-order valence-corrected chi connectivity index (χ2v) is 4.01. The van der Waals surface area contributed by atoms with Gasteiger partial charge in [-0.2, -0.15) is 13.2 Å². The van der Waals surface area contributed by atoms with Crippen molar-refractivity contribution in [2.45, 2.75) is 12.7 Å². The molecule has 0 saturated heterocycles. The molecule has 1 aromatic rings. The maximum absolute atomic E-state index is 11.8. The largest absolute Gasteiger partial charge is 0.452 e. The number of nitrogens with zero attached hydrogens (tertiary/aromatic N) is 1. The summed E-state index contributed by atoms with van der Waals surface area (Å²) in [5.74, 6) is 0.434. The van der Waals surface area contributed by atoms with Crippen LogP contribution < -0.4 is 0 Å². The Kier molecular flexibility index (Phi) is 4.44. The molecule has 0 aliphatic rings. The molecule has 4 nitrogen and oxygen atoms in total. The van der Waals surface area contributed by atoms with Crippen LogP contribution in [0.2, 0.25) is 0 Å². The molecule has 0 bridgehead atoms. The zero-order valence-electron chi connectivity index (χ0n) is 8.75. The van der Waals surface area contributed by atoms with Gasteiger partial charge in [0.15, 0.2) is 11.3 Å². The van der Waals surface area contributed by atoms with E-state index in [0.29, 0.717) is 10.4 Å². The van der Waals surface area contributed by atoms with Crippen LogP contribution in [0.15, 0.2) is 21.2 Å². The van der Waals surface area contributed by atoms with Crippen molar-refractivity contribution >= 4 is 22.0 Å². The van der Waals surface area contributed by atoms with Gasteiger partial charge >= 0.3 is 12.3 Å². The van der Waals surface area contributed by atoms with Gasteiger partial charge < -0.3 is 14.1 Å². The monoisotopic (exact) mass is 315 g/mol. The quantitative estimate of drug-likeness (QED) is 0.860. The molecule has 1 rings (SSSR count). The summed E-state index contributed by atoms with van der Waals surface area (Å²) in [5, 5.41) is 0. The third-order valence-corrected chi connectivity index (χ3v) is 2.12. The fraction of sp³-hybridized carbons (Fsp3) is 0.444. The van der Waals surface area contributed by atoms with Crippen LogP contribution in [0.3, 0.4) is 0 Å². The van der Waals surface area contributed by atoms with Crippen molar-refractivity contribution < 1.29 is 27.1 Å². The average molecular weight is 316 g/mol. The molecule has 0 unspecified atom stereocenters. The molecular formula is C9H9BrF3NO3. The molecule has 1 heterocycles. The third-order valence-electron chi connectivity index (χ3n) is 1.69. The van der Waals surface area contributed by atoms with Crippen LogP contribution in [0.4, 0.5) is 18.0 Å². The standard InChI is InChI=1S/C9H9BrF3NO3/c1-14(4-6-2-3-7(10)17-6)8(15)16-5-9(11,12)13/h2-3H,4-5H2,1H3. The van der Waals surface area contributed by atoms with E-state index >= 15 is 0 Å². The van der Waals surface area contributed by atoms with Crippen LogP contribution in [-0.4, -0.2) is 30.8 Å². The van der Waals surface area contributed by atoms with Gasteiger partial charge in [-0.05, 0) is 28.1 Å². The van der Waals surface area contributed by atoms with Gasteiger partial charge in [0.1, 0.15) is 5.76 Å². The highest BCUT2D eigenvalue weighted by Gasteiger charge is 2.30. The number of hydrogen-bond donors (Lipinski definition) is 0. The summed E-state index contributed by atoms with van der Waals surface area (Å²) < 4.78 is 45.0. The number of alkyl halides is 3. The highest BCUT2D eigenvalue weighted by atomic mass is 79.9. The molecule has 1 amide bonds. The number of halogens is 4. The van der Waals surface area contributed by atoms with Crippen molar-refractivity contribution in [3.8, 4) is 0 Å². The molecule has 0 aliphatic heterocycles. The van der Waals surface area contributed by atoms with Crippen LogP contribution in [0.25, 0.3) is 0 Å². The molecule has 0 N–H and O–H groups in total. The van der Waals surface area contributed by atoms with E-state index in [1.807, 2.05) is 0 Å². The molecule has 17 heavy (non-hydrogen) atoms. The maximum atomic E-state index is 11.8. The summed E-state index contributed by atoms with van der Waals surface area (Å²) in [5.41, 5.74) is 0. The Balaban J connectivity index is 2.42. The van der Waals surface area contributed by atoms with Gasteiger partial charge in [0.25, 0.3) is 0 Å². The van der Waals surface area contributed by atoms with E-state index in [1.54, 1.807) is 12.1 Å². The van der Waals surface area contributed by atoms with Gasteiger partial charge in [-0.25, -0.2) is 4.79 Å². The summed E-state index contributed by atoms with van der Waals surface area (Å²) in [6, 6.07) is 3.21. The van der Waals surface area contributed by atoms with Crippen molar-refractivity contribution in [1.29, 1.82) is 0 Å². The molecule has 0 aromatic carbocycles. The minimum Gasteiger partial charge on any atom is -0.452 e. The van der Waals surface area contributed by atoms with Gasteiger partial charge in [-0.15, -0.1) is 0 Å².